The van der Waals surface area contributed by atoms with Gasteiger partial charge >= 0.3 is 0 Å². The molecular formula is C18H21N3OS. The van der Waals surface area contributed by atoms with Gasteiger partial charge in [0.15, 0.2) is 0 Å². The Morgan fingerprint density at radius 2 is 2.13 bits per heavy atom. The molecule has 5 heteroatoms. The highest BCUT2D eigenvalue weighted by molar-refractivity contribution is 7.09. The topological polar surface area (TPSA) is 39.9 Å². The van der Waals surface area contributed by atoms with E-state index in [2.05, 4.69) is 47.8 Å². The second-order valence-electron chi connectivity index (χ2n) is 6.42. The van der Waals surface area contributed by atoms with Crippen LogP contribution in [0.15, 0.2) is 23.8 Å². The van der Waals surface area contributed by atoms with Gasteiger partial charge in [0.05, 0.1) is 35.7 Å². The van der Waals surface area contributed by atoms with E-state index in [1.807, 2.05) is 6.33 Å². The van der Waals surface area contributed by atoms with Crippen LogP contribution in [0.2, 0.25) is 0 Å². The molecule has 1 aliphatic rings. The summed E-state index contributed by atoms with van der Waals surface area (Å²) in [4.78, 5) is 9.46. The third-order valence-electron chi connectivity index (χ3n) is 4.85. The van der Waals surface area contributed by atoms with E-state index in [1.54, 1.807) is 11.3 Å². The van der Waals surface area contributed by atoms with Crippen molar-refractivity contribution in [1.29, 1.82) is 0 Å². The maximum absolute atomic E-state index is 5.48. The lowest BCUT2D eigenvalue weighted by molar-refractivity contribution is 0.193. The second kappa shape index (κ2) is 5.73. The van der Waals surface area contributed by atoms with E-state index in [1.165, 1.54) is 22.3 Å². The molecule has 0 N–H and O–H groups in total. The van der Waals surface area contributed by atoms with Gasteiger partial charge in [0.25, 0.3) is 0 Å². The molecule has 120 valence electrons. The van der Waals surface area contributed by atoms with Crippen LogP contribution in [0.5, 0.6) is 0 Å². The molecule has 0 bridgehead atoms. The van der Waals surface area contributed by atoms with Crippen molar-refractivity contribution in [1.82, 2.24) is 14.5 Å². The van der Waals surface area contributed by atoms with Gasteiger partial charge in [0.1, 0.15) is 5.01 Å². The maximum atomic E-state index is 5.48. The van der Waals surface area contributed by atoms with Crippen molar-refractivity contribution in [3.63, 3.8) is 0 Å². The molecular weight excluding hydrogens is 306 g/mol. The van der Waals surface area contributed by atoms with Crippen molar-refractivity contribution in [3.8, 4) is 0 Å². The molecule has 1 aliphatic heterocycles. The number of fused-ring (bicyclic) bond motifs is 1. The lowest BCUT2D eigenvalue weighted by atomic mass is 10.1. The number of hydrogen-bond acceptors (Lipinski definition) is 4. The highest BCUT2D eigenvalue weighted by Gasteiger charge is 2.22. The number of benzene rings is 1. The third-order valence-corrected chi connectivity index (χ3v) is 5.89. The molecule has 1 aromatic carbocycles. The van der Waals surface area contributed by atoms with Gasteiger partial charge in [0, 0.05) is 17.9 Å². The van der Waals surface area contributed by atoms with Crippen LogP contribution in [0.25, 0.3) is 11.0 Å². The van der Waals surface area contributed by atoms with E-state index in [-0.39, 0.29) is 6.04 Å². The summed E-state index contributed by atoms with van der Waals surface area (Å²) in [6.45, 7) is 8.15. The molecule has 23 heavy (non-hydrogen) atoms. The number of hydrogen-bond donors (Lipinski definition) is 0. The third kappa shape index (κ3) is 2.58. The quantitative estimate of drug-likeness (QED) is 0.723. The summed E-state index contributed by atoms with van der Waals surface area (Å²) in [5, 5.41) is 3.34. The fraction of sp³-hybridized carbons (Fsp3) is 0.444. The van der Waals surface area contributed by atoms with E-state index < -0.39 is 0 Å². The lowest BCUT2D eigenvalue weighted by Crippen LogP contribution is -2.06. The molecule has 0 radical (unpaired) electrons. The van der Waals surface area contributed by atoms with Gasteiger partial charge in [-0.1, -0.05) is 0 Å². The number of aromatic nitrogens is 3. The van der Waals surface area contributed by atoms with Gasteiger partial charge in [0.2, 0.25) is 0 Å². The maximum Gasteiger partial charge on any atom is 0.116 e. The minimum Gasteiger partial charge on any atom is -0.381 e. The summed E-state index contributed by atoms with van der Waals surface area (Å²) in [6, 6.07) is 4.59. The summed E-state index contributed by atoms with van der Waals surface area (Å²) >= 11 is 1.74. The Morgan fingerprint density at radius 1 is 1.30 bits per heavy atom. The molecule has 3 aromatic rings. The van der Waals surface area contributed by atoms with Crippen molar-refractivity contribution in [2.24, 2.45) is 0 Å². The predicted molar refractivity (Wildman–Crippen MR) is 93.3 cm³/mol. The van der Waals surface area contributed by atoms with Crippen molar-refractivity contribution < 1.29 is 4.74 Å². The van der Waals surface area contributed by atoms with Crippen LogP contribution in [0.4, 0.5) is 0 Å². The van der Waals surface area contributed by atoms with E-state index in [0.717, 1.165) is 30.2 Å². The SMILES string of the molecule is Cc1cc2ncn(C(C)c3nc(C4CCOC4)cs3)c2cc1C. The molecule has 4 rings (SSSR count). The van der Waals surface area contributed by atoms with Crippen molar-refractivity contribution in [3.05, 3.63) is 45.7 Å². The van der Waals surface area contributed by atoms with Gasteiger partial charge in [-0.25, -0.2) is 9.97 Å². The smallest absolute Gasteiger partial charge is 0.116 e. The summed E-state index contributed by atoms with van der Waals surface area (Å²) in [6.07, 6.45) is 3.03. The molecule has 2 unspecified atom stereocenters. The van der Waals surface area contributed by atoms with Crippen LogP contribution < -0.4 is 0 Å². The summed E-state index contributed by atoms with van der Waals surface area (Å²) in [5.74, 6) is 0.469. The van der Waals surface area contributed by atoms with E-state index >= 15 is 0 Å². The average Bonchev–Trinajstić information content (AvgIpc) is 3.27. The van der Waals surface area contributed by atoms with Crippen molar-refractivity contribution >= 4 is 22.4 Å². The second-order valence-corrected chi connectivity index (χ2v) is 7.31. The molecule has 3 heterocycles. The molecule has 0 spiro atoms. The van der Waals surface area contributed by atoms with Gasteiger partial charge in [-0.15, -0.1) is 11.3 Å². The van der Waals surface area contributed by atoms with Gasteiger partial charge < -0.3 is 9.30 Å². The van der Waals surface area contributed by atoms with Crippen molar-refractivity contribution in [2.75, 3.05) is 13.2 Å². The summed E-state index contributed by atoms with van der Waals surface area (Å²) in [7, 11) is 0. The first-order valence-corrected chi connectivity index (χ1v) is 8.98. The Labute approximate surface area is 140 Å². The van der Waals surface area contributed by atoms with E-state index in [0.29, 0.717) is 5.92 Å². The molecule has 1 fully saturated rings. The predicted octanol–water partition coefficient (Wildman–Crippen LogP) is 4.22. The summed E-state index contributed by atoms with van der Waals surface area (Å²) in [5.41, 5.74) is 6.01. The first-order valence-electron chi connectivity index (χ1n) is 8.10. The normalized spacial score (nSPS) is 19.5. The number of nitrogens with zero attached hydrogens (tertiary/aromatic N) is 3. The molecule has 0 aliphatic carbocycles. The minimum absolute atomic E-state index is 0.197. The van der Waals surface area contributed by atoms with Crippen LogP contribution >= 0.6 is 11.3 Å². The molecule has 4 nitrogen and oxygen atoms in total. The first kappa shape index (κ1) is 14.8. The number of ether oxygens (including phenoxy) is 1. The highest BCUT2D eigenvalue weighted by Crippen LogP contribution is 2.31. The molecule has 0 amide bonds. The van der Waals surface area contributed by atoms with E-state index in [4.69, 9.17) is 9.72 Å². The number of imidazole rings is 1. The number of thiazole rings is 1. The zero-order chi connectivity index (χ0) is 16.0. The Bertz CT molecular complexity index is 845. The fourth-order valence-corrected chi connectivity index (χ4v) is 4.11. The number of aryl methyl sites for hydroxylation is 2. The molecule has 1 saturated heterocycles. The van der Waals surface area contributed by atoms with Crippen LogP contribution in [0, 0.1) is 13.8 Å². The van der Waals surface area contributed by atoms with Crippen LogP contribution in [0.3, 0.4) is 0 Å². The Morgan fingerprint density at radius 3 is 2.91 bits per heavy atom. The zero-order valence-corrected chi connectivity index (χ0v) is 14.6. The van der Waals surface area contributed by atoms with Crippen LogP contribution in [-0.2, 0) is 4.74 Å². The average molecular weight is 327 g/mol. The Kier molecular flexibility index (Phi) is 3.70. The van der Waals surface area contributed by atoms with E-state index in [9.17, 15) is 0 Å². The standard InChI is InChI=1S/C18H21N3OS/c1-11-6-15-17(7-12(11)2)21(10-19-15)13(3)18-20-16(9-23-18)14-4-5-22-8-14/h6-7,9-10,13-14H,4-5,8H2,1-3H3. The van der Waals surface area contributed by atoms with Gasteiger partial charge in [-0.3, -0.25) is 0 Å². The first-order chi connectivity index (χ1) is 11.1. The van der Waals surface area contributed by atoms with Crippen LogP contribution in [-0.4, -0.2) is 27.7 Å². The largest absolute Gasteiger partial charge is 0.381 e. The molecule has 2 aromatic heterocycles. The molecule has 2 atom stereocenters. The Hall–Kier alpha value is -1.72. The summed E-state index contributed by atoms with van der Waals surface area (Å²) < 4.78 is 7.72. The Balaban J connectivity index is 1.69. The minimum atomic E-state index is 0.197. The van der Waals surface area contributed by atoms with Crippen molar-refractivity contribution in [2.45, 2.75) is 39.2 Å². The lowest BCUT2D eigenvalue weighted by Gasteiger charge is -2.12. The molecule has 0 saturated carbocycles. The van der Waals surface area contributed by atoms with Gasteiger partial charge in [-0.2, -0.15) is 0 Å². The monoisotopic (exact) mass is 327 g/mol. The number of rotatable bonds is 3. The highest BCUT2D eigenvalue weighted by atomic mass is 32.1. The van der Waals surface area contributed by atoms with Gasteiger partial charge in [-0.05, 0) is 50.5 Å². The zero-order valence-electron chi connectivity index (χ0n) is 13.7. The van der Waals surface area contributed by atoms with Crippen LogP contribution in [0.1, 0.15) is 47.1 Å². The fourth-order valence-electron chi connectivity index (χ4n) is 3.16.